The molecule has 5 rings (SSSR count). The molecular weight excluding hydrogens is 507 g/mol. The molecule has 2 atom stereocenters. The Bertz CT molecular complexity index is 1380. The Hall–Kier alpha value is -3.13. The summed E-state index contributed by atoms with van der Waals surface area (Å²) in [5.41, 5.74) is 4.08. The maximum Gasteiger partial charge on any atom is 0.573 e. The molecular formula is C30H32F3N3OS. The standard InChI is InChI=1S/C30H32F3N3OS/c1-20-15-23(18-29(2,3)17-20)36-27-14-13-25(38-19-21-7-5-4-6-8-21)16-26(27)35-28(36)34-22-9-11-24(12-10-22)37-30(31,32)33/h4-14,16,20,23H,15,17-19H2,1-3H3,(H,34,35)/t20-,23+/m0/s1. The molecule has 0 spiro atoms. The van der Waals surface area contributed by atoms with Crippen molar-refractivity contribution in [2.24, 2.45) is 11.3 Å². The number of nitrogens with one attached hydrogen (secondary N) is 1. The average Bonchev–Trinajstić information content (AvgIpc) is 3.19. The van der Waals surface area contributed by atoms with Gasteiger partial charge in [0.05, 0.1) is 11.0 Å². The molecule has 4 aromatic rings. The second-order valence-corrected chi connectivity index (χ2v) is 12.0. The molecule has 200 valence electrons. The molecule has 0 unspecified atom stereocenters. The van der Waals surface area contributed by atoms with Gasteiger partial charge < -0.3 is 14.6 Å². The van der Waals surface area contributed by atoms with Crippen molar-refractivity contribution in [3.8, 4) is 5.75 Å². The van der Waals surface area contributed by atoms with Crippen molar-refractivity contribution in [1.29, 1.82) is 0 Å². The number of benzene rings is 3. The quantitative estimate of drug-likeness (QED) is 0.238. The number of ether oxygens (including phenoxy) is 1. The maximum atomic E-state index is 12.6. The molecule has 1 aromatic heterocycles. The van der Waals surface area contributed by atoms with Gasteiger partial charge in [-0.3, -0.25) is 0 Å². The number of imidazole rings is 1. The summed E-state index contributed by atoms with van der Waals surface area (Å²) in [5, 5.41) is 3.38. The van der Waals surface area contributed by atoms with Crippen LogP contribution in [0, 0.1) is 11.3 Å². The van der Waals surface area contributed by atoms with E-state index in [1.54, 1.807) is 23.9 Å². The number of alkyl halides is 3. The highest BCUT2D eigenvalue weighted by molar-refractivity contribution is 7.98. The van der Waals surface area contributed by atoms with Crippen LogP contribution in [0.25, 0.3) is 11.0 Å². The number of rotatable bonds is 7. The van der Waals surface area contributed by atoms with Crippen LogP contribution in [0.5, 0.6) is 5.75 Å². The second kappa shape index (κ2) is 10.6. The van der Waals surface area contributed by atoms with E-state index in [2.05, 4.69) is 65.7 Å². The first-order valence-electron chi connectivity index (χ1n) is 12.9. The highest BCUT2D eigenvalue weighted by atomic mass is 32.2. The zero-order valence-electron chi connectivity index (χ0n) is 21.8. The summed E-state index contributed by atoms with van der Waals surface area (Å²) in [6.07, 6.45) is -1.46. The molecule has 0 bridgehead atoms. The number of fused-ring (bicyclic) bond motifs is 1. The molecule has 38 heavy (non-hydrogen) atoms. The molecule has 1 aliphatic carbocycles. The SMILES string of the molecule is C[C@H]1C[C@@H](n2c(Nc3ccc(OC(F)(F)F)cc3)nc3cc(SCc4ccccc4)ccc32)CC(C)(C)C1. The van der Waals surface area contributed by atoms with Crippen LogP contribution in [0.4, 0.5) is 24.8 Å². The van der Waals surface area contributed by atoms with Crippen LogP contribution in [0.3, 0.4) is 0 Å². The zero-order valence-corrected chi connectivity index (χ0v) is 22.6. The van der Waals surface area contributed by atoms with Crippen LogP contribution in [0.1, 0.15) is 51.6 Å². The summed E-state index contributed by atoms with van der Waals surface area (Å²) in [4.78, 5) is 6.12. The van der Waals surface area contributed by atoms with E-state index in [0.717, 1.165) is 34.5 Å². The van der Waals surface area contributed by atoms with E-state index in [-0.39, 0.29) is 17.2 Å². The Balaban J connectivity index is 1.46. The summed E-state index contributed by atoms with van der Waals surface area (Å²) in [7, 11) is 0. The first kappa shape index (κ1) is 26.5. The molecule has 1 fully saturated rings. The smallest absolute Gasteiger partial charge is 0.406 e. The lowest BCUT2D eigenvalue weighted by Crippen LogP contribution is -2.29. The Kier molecular flexibility index (Phi) is 7.36. The topological polar surface area (TPSA) is 39.1 Å². The fourth-order valence-electron chi connectivity index (χ4n) is 5.73. The normalized spacial score (nSPS) is 19.4. The lowest BCUT2D eigenvalue weighted by Gasteiger charge is -2.40. The van der Waals surface area contributed by atoms with Gasteiger partial charge in [-0.25, -0.2) is 4.98 Å². The van der Waals surface area contributed by atoms with Crippen molar-refractivity contribution in [3.63, 3.8) is 0 Å². The minimum atomic E-state index is -4.72. The van der Waals surface area contributed by atoms with E-state index in [1.807, 2.05) is 18.2 Å². The van der Waals surface area contributed by atoms with Crippen LogP contribution in [-0.2, 0) is 5.75 Å². The van der Waals surface area contributed by atoms with Gasteiger partial charge >= 0.3 is 6.36 Å². The van der Waals surface area contributed by atoms with Crippen molar-refractivity contribution in [1.82, 2.24) is 9.55 Å². The van der Waals surface area contributed by atoms with Gasteiger partial charge in [-0.2, -0.15) is 0 Å². The molecule has 0 saturated heterocycles. The van der Waals surface area contributed by atoms with E-state index in [1.165, 1.54) is 24.1 Å². The number of hydrogen-bond acceptors (Lipinski definition) is 4. The summed E-state index contributed by atoms with van der Waals surface area (Å²) >= 11 is 1.77. The van der Waals surface area contributed by atoms with Gasteiger partial charge in [0, 0.05) is 22.4 Å². The number of hydrogen-bond donors (Lipinski definition) is 1. The van der Waals surface area contributed by atoms with Crippen LogP contribution < -0.4 is 10.1 Å². The molecule has 1 saturated carbocycles. The number of halogens is 3. The zero-order chi connectivity index (χ0) is 26.9. The van der Waals surface area contributed by atoms with Gasteiger partial charge in [-0.15, -0.1) is 24.9 Å². The van der Waals surface area contributed by atoms with Crippen molar-refractivity contribution >= 4 is 34.4 Å². The van der Waals surface area contributed by atoms with Crippen molar-refractivity contribution in [3.05, 3.63) is 78.4 Å². The van der Waals surface area contributed by atoms with Crippen LogP contribution in [0.15, 0.2) is 77.7 Å². The van der Waals surface area contributed by atoms with Crippen molar-refractivity contribution < 1.29 is 17.9 Å². The van der Waals surface area contributed by atoms with Gasteiger partial charge in [0.25, 0.3) is 0 Å². The lowest BCUT2D eigenvalue weighted by molar-refractivity contribution is -0.274. The summed E-state index contributed by atoms with van der Waals surface area (Å²) in [6, 6.07) is 22.8. The highest BCUT2D eigenvalue weighted by Gasteiger charge is 2.35. The third-order valence-electron chi connectivity index (χ3n) is 6.98. The van der Waals surface area contributed by atoms with E-state index >= 15 is 0 Å². The minimum absolute atomic E-state index is 0.207. The molecule has 1 aliphatic rings. The summed E-state index contributed by atoms with van der Waals surface area (Å²) in [6.45, 7) is 6.94. The maximum absolute atomic E-state index is 12.6. The summed E-state index contributed by atoms with van der Waals surface area (Å²) < 4.78 is 44.1. The van der Waals surface area contributed by atoms with Crippen molar-refractivity contribution in [2.75, 3.05) is 5.32 Å². The molecule has 0 aliphatic heterocycles. The number of anilines is 2. The van der Waals surface area contributed by atoms with Gasteiger partial charge in [0.15, 0.2) is 0 Å². The minimum Gasteiger partial charge on any atom is -0.406 e. The van der Waals surface area contributed by atoms with E-state index in [9.17, 15) is 13.2 Å². The predicted octanol–water partition coefficient (Wildman–Crippen LogP) is 9.36. The average molecular weight is 540 g/mol. The fourth-order valence-corrected chi connectivity index (χ4v) is 6.61. The number of nitrogens with zero attached hydrogens (tertiary/aromatic N) is 2. The summed E-state index contributed by atoms with van der Waals surface area (Å²) in [5.74, 6) is 1.90. The van der Waals surface area contributed by atoms with Gasteiger partial charge in [-0.1, -0.05) is 51.1 Å². The van der Waals surface area contributed by atoms with E-state index in [0.29, 0.717) is 17.6 Å². The van der Waals surface area contributed by atoms with Crippen LogP contribution in [-0.4, -0.2) is 15.9 Å². The molecule has 1 heterocycles. The third kappa shape index (κ3) is 6.46. The van der Waals surface area contributed by atoms with Crippen molar-refractivity contribution in [2.45, 2.75) is 63.1 Å². The van der Waals surface area contributed by atoms with E-state index in [4.69, 9.17) is 4.98 Å². The van der Waals surface area contributed by atoms with E-state index < -0.39 is 6.36 Å². The molecule has 0 radical (unpaired) electrons. The molecule has 1 N–H and O–H groups in total. The molecule has 0 amide bonds. The Morgan fingerprint density at radius 3 is 2.45 bits per heavy atom. The molecule has 8 heteroatoms. The van der Waals surface area contributed by atoms with Gasteiger partial charge in [0.1, 0.15) is 5.75 Å². The lowest BCUT2D eigenvalue weighted by atomic mass is 9.70. The Morgan fingerprint density at radius 1 is 1.03 bits per heavy atom. The van der Waals surface area contributed by atoms with Crippen LogP contribution in [0.2, 0.25) is 0 Å². The first-order chi connectivity index (χ1) is 18.0. The predicted molar refractivity (Wildman–Crippen MR) is 148 cm³/mol. The van der Waals surface area contributed by atoms with Gasteiger partial charge in [-0.05, 0) is 78.6 Å². The Morgan fingerprint density at radius 2 is 1.76 bits per heavy atom. The fraction of sp³-hybridized carbons (Fsp3) is 0.367. The number of aromatic nitrogens is 2. The molecule has 4 nitrogen and oxygen atoms in total. The third-order valence-corrected chi connectivity index (χ3v) is 8.05. The van der Waals surface area contributed by atoms with Gasteiger partial charge in [0.2, 0.25) is 5.95 Å². The Labute approximate surface area is 225 Å². The highest BCUT2D eigenvalue weighted by Crippen LogP contribution is 2.46. The molecule has 3 aromatic carbocycles. The first-order valence-corrected chi connectivity index (χ1v) is 13.8. The largest absolute Gasteiger partial charge is 0.573 e. The van der Waals surface area contributed by atoms with Crippen LogP contribution >= 0.6 is 11.8 Å². The number of thioether (sulfide) groups is 1. The monoisotopic (exact) mass is 539 g/mol. The second-order valence-electron chi connectivity index (χ2n) is 11.0.